The van der Waals surface area contributed by atoms with E-state index in [0.29, 0.717) is 11.6 Å². The van der Waals surface area contributed by atoms with Crippen LogP contribution in [-0.4, -0.2) is 18.7 Å². The van der Waals surface area contributed by atoms with Crippen LogP contribution in [0.25, 0.3) is 0 Å². The summed E-state index contributed by atoms with van der Waals surface area (Å²) < 4.78 is 28.4. The minimum Gasteiger partial charge on any atom is -0.382 e. The second kappa shape index (κ2) is 14.8. The normalized spacial score (nSPS) is 15.6. The Labute approximate surface area is 195 Å². The van der Waals surface area contributed by atoms with E-state index in [1.165, 1.54) is 25.0 Å². The van der Waals surface area contributed by atoms with E-state index < -0.39 is 18.4 Å². The third-order valence-corrected chi connectivity index (χ3v) is 5.50. The highest BCUT2D eigenvalue weighted by molar-refractivity contribution is 5.69. The van der Waals surface area contributed by atoms with E-state index in [2.05, 4.69) is 44.0 Å². The van der Waals surface area contributed by atoms with Gasteiger partial charge in [-0.1, -0.05) is 82.7 Å². The highest BCUT2D eigenvalue weighted by Crippen LogP contribution is 2.30. The van der Waals surface area contributed by atoms with Gasteiger partial charge in [0.2, 0.25) is 0 Å². The van der Waals surface area contributed by atoms with Gasteiger partial charge in [0.15, 0.2) is 0 Å². The molecular formula is C28H44F2N2. The lowest BCUT2D eigenvalue weighted by atomic mass is 9.87. The van der Waals surface area contributed by atoms with Crippen LogP contribution in [0.15, 0.2) is 71.0 Å². The van der Waals surface area contributed by atoms with Crippen LogP contribution in [-0.2, 0) is 0 Å². The van der Waals surface area contributed by atoms with Gasteiger partial charge < -0.3 is 10.7 Å². The van der Waals surface area contributed by atoms with E-state index >= 15 is 0 Å². The van der Waals surface area contributed by atoms with Crippen molar-refractivity contribution in [1.29, 1.82) is 5.41 Å². The first kappa shape index (κ1) is 29.8. The Morgan fingerprint density at radius 2 is 1.69 bits per heavy atom. The standard InChI is InChI=1S/C28H44F2N2/c1-10-12-13-25(15-14-24(11-2)26(21(5)6)18-20(3)4)23(9)27(16-17-31)32-19-28(29,30)22(7)8/h10-13,16-18,20,22-23,31-32H,5,14-15,19H2,1-4,6-9H3/b12-10-,24-11-,25-13-,26-18-,27-16-,31-17?. The number of allylic oxidation sites excluding steroid dienone is 10. The van der Waals surface area contributed by atoms with E-state index in [1.807, 2.05) is 39.8 Å². The molecule has 0 radical (unpaired) electrons. The average Bonchev–Trinajstić information content (AvgIpc) is 2.71. The molecule has 32 heavy (non-hydrogen) atoms. The molecule has 0 aromatic rings. The Bertz CT molecular complexity index is 762. The maximum Gasteiger partial charge on any atom is 0.267 e. The topological polar surface area (TPSA) is 35.9 Å². The van der Waals surface area contributed by atoms with Gasteiger partial charge in [0, 0.05) is 23.7 Å². The summed E-state index contributed by atoms with van der Waals surface area (Å²) >= 11 is 0. The van der Waals surface area contributed by atoms with E-state index in [0.717, 1.165) is 30.2 Å². The van der Waals surface area contributed by atoms with Gasteiger partial charge in [-0.2, -0.15) is 0 Å². The number of hydrogen-bond acceptors (Lipinski definition) is 2. The summed E-state index contributed by atoms with van der Waals surface area (Å²) in [5, 5.41) is 10.4. The first-order valence-electron chi connectivity index (χ1n) is 11.6. The van der Waals surface area contributed by atoms with Gasteiger partial charge in [-0.25, -0.2) is 8.78 Å². The van der Waals surface area contributed by atoms with Crippen molar-refractivity contribution in [3.63, 3.8) is 0 Å². The first-order valence-corrected chi connectivity index (χ1v) is 11.6. The minimum atomic E-state index is -2.82. The molecule has 0 saturated carbocycles. The fraction of sp³-hybridized carbons (Fsp3) is 0.536. The second-order valence-corrected chi connectivity index (χ2v) is 8.97. The Balaban J connectivity index is 5.78. The summed E-state index contributed by atoms with van der Waals surface area (Å²) in [4.78, 5) is 0. The van der Waals surface area contributed by atoms with Crippen LogP contribution in [0.2, 0.25) is 0 Å². The van der Waals surface area contributed by atoms with E-state index in [9.17, 15) is 8.78 Å². The summed E-state index contributed by atoms with van der Waals surface area (Å²) in [6.45, 7) is 19.1. The number of nitrogens with one attached hydrogen (secondary N) is 2. The van der Waals surface area contributed by atoms with Crippen LogP contribution in [0.3, 0.4) is 0 Å². The van der Waals surface area contributed by atoms with E-state index in [1.54, 1.807) is 6.08 Å². The van der Waals surface area contributed by atoms with Gasteiger partial charge in [-0.05, 0) is 56.8 Å². The molecule has 0 aromatic carbocycles. The lowest BCUT2D eigenvalue weighted by Gasteiger charge is -2.26. The number of halogens is 2. The lowest BCUT2D eigenvalue weighted by Crippen LogP contribution is -2.38. The summed E-state index contributed by atoms with van der Waals surface area (Å²) in [5.74, 6) is -3.27. The Hall–Kier alpha value is -2.23. The molecule has 2 N–H and O–H groups in total. The van der Waals surface area contributed by atoms with Gasteiger partial charge in [0.1, 0.15) is 0 Å². The van der Waals surface area contributed by atoms with Crippen LogP contribution in [0, 0.1) is 23.2 Å². The fourth-order valence-corrected chi connectivity index (χ4v) is 3.30. The van der Waals surface area contributed by atoms with Crippen LogP contribution in [0.1, 0.15) is 68.2 Å². The molecule has 0 fully saturated rings. The van der Waals surface area contributed by atoms with Crippen molar-refractivity contribution < 1.29 is 8.78 Å². The molecule has 0 rings (SSSR count). The molecule has 180 valence electrons. The molecule has 1 unspecified atom stereocenters. The van der Waals surface area contributed by atoms with Crippen molar-refractivity contribution in [2.45, 2.75) is 74.2 Å². The SMILES string of the molecule is C=C(C)C(=C/C(C)C)/C(=C\C)CC/C(=C/C=C\C)C(C)/C(=C/C=N)NCC(F)(F)C(C)C. The van der Waals surface area contributed by atoms with Crippen molar-refractivity contribution in [3.05, 3.63) is 71.0 Å². The quantitative estimate of drug-likeness (QED) is 0.204. The smallest absolute Gasteiger partial charge is 0.267 e. The molecule has 0 aromatic heterocycles. The Morgan fingerprint density at radius 1 is 1.06 bits per heavy atom. The highest BCUT2D eigenvalue weighted by Gasteiger charge is 2.33. The molecule has 0 spiro atoms. The van der Waals surface area contributed by atoms with Gasteiger partial charge in [0.05, 0.1) is 6.54 Å². The number of alkyl halides is 2. The maximum absolute atomic E-state index is 14.2. The van der Waals surface area contributed by atoms with Gasteiger partial charge in [-0.15, -0.1) is 0 Å². The molecule has 0 amide bonds. The second-order valence-electron chi connectivity index (χ2n) is 8.97. The van der Waals surface area contributed by atoms with Crippen molar-refractivity contribution >= 4 is 6.21 Å². The van der Waals surface area contributed by atoms with Crippen LogP contribution in [0.4, 0.5) is 8.78 Å². The summed E-state index contributed by atoms with van der Waals surface area (Å²) in [6.07, 6.45) is 14.7. The lowest BCUT2D eigenvalue weighted by molar-refractivity contribution is -0.0410. The molecule has 0 aliphatic heterocycles. The zero-order valence-corrected chi connectivity index (χ0v) is 21.4. The predicted octanol–water partition coefficient (Wildman–Crippen LogP) is 8.42. The molecule has 0 bridgehead atoms. The molecular weight excluding hydrogens is 402 g/mol. The monoisotopic (exact) mass is 446 g/mol. The van der Waals surface area contributed by atoms with Gasteiger partial charge in [0.25, 0.3) is 5.92 Å². The largest absolute Gasteiger partial charge is 0.382 e. The molecule has 2 nitrogen and oxygen atoms in total. The number of hydrogen-bond donors (Lipinski definition) is 2. The third-order valence-electron chi connectivity index (χ3n) is 5.50. The van der Waals surface area contributed by atoms with Crippen molar-refractivity contribution in [2.75, 3.05) is 6.54 Å². The highest BCUT2D eigenvalue weighted by atomic mass is 19.3. The summed E-state index contributed by atoms with van der Waals surface area (Å²) in [5.41, 5.74) is 5.23. The Kier molecular flexibility index (Phi) is 13.7. The van der Waals surface area contributed by atoms with Crippen LogP contribution >= 0.6 is 0 Å². The van der Waals surface area contributed by atoms with Crippen molar-refractivity contribution in [2.24, 2.45) is 17.8 Å². The zero-order chi connectivity index (χ0) is 24.9. The fourth-order valence-electron chi connectivity index (χ4n) is 3.30. The van der Waals surface area contributed by atoms with Crippen molar-refractivity contribution in [3.8, 4) is 0 Å². The molecule has 0 aliphatic rings. The zero-order valence-electron chi connectivity index (χ0n) is 21.4. The summed E-state index contributed by atoms with van der Waals surface area (Å²) in [7, 11) is 0. The first-order chi connectivity index (χ1) is 14.9. The minimum absolute atomic E-state index is 0.115. The van der Waals surface area contributed by atoms with Crippen molar-refractivity contribution in [1.82, 2.24) is 5.32 Å². The van der Waals surface area contributed by atoms with Crippen LogP contribution < -0.4 is 5.32 Å². The maximum atomic E-state index is 14.2. The molecule has 0 aliphatic carbocycles. The molecule has 0 saturated heterocycles. The number of rotatable bonds is 14. The van der Waals surface area contributed by atoms with Crippen LogP contribution in [0.5, 0.6) is 0 Å². The third kappa shape index (κ3) is 10.4. The van der Waals surface area contributed by atoms with E-state index in [-0.39, 0.29) is 5.92 Å². The average molecular weight is 447 g/mol. The summed E-state index contributed by atoms with van der Waals surface area (Å²) in [6, 6.07) is 0. The molecule has 0 heterocycles. The van der Waals surface area contributed by atoms with E-state index in [4.69, 9.17) is 5.41 Å². The Morgan fingerprint density at radius 3 is 2.12 bits per heavy atom. The van der Waals surface area contributed by atoms with Gasteiger partial charge in [-0.3, -0.25) is 0 Å². The molecule has 4 heteroatoms. The molecule has 1 atom stereocenters. The van der Waals surface area contributed by atoms with Gasteiger partial charge >= 0.3 is 0 Å². The predicted molar refractivity (Wildman–Crippen MR) is 137 cm³/mol.